The first-order valence-corrected chi connectivity index (χ1v) is 8.10. The predicted molar refractivity (Wildman–Crippen MR) is 91.6 cm³/mol. The van der Waals surface area contributed by atoms with Gasteiger partial charge < -0.3 is 0 Å². The molecule has 3 rings (SSSR count). The molecule has 0 saturated carbocycles. The molecule has 0 radical (unpaired) electrons. The molecule has 0 aliphatic carbocycles. The molecule has 3 aromatic rings. The van der Waals surface area contributed by atoms with Gasteiger partial charge in [0.25, 0.3) is 0 Å². The Labute approximate surface area is 140 Å². The molecule has 1 aromatic carbocycles. The van der Waals surface area contributed by atoms with Crippen LogP contribution in [0.15, 0.2) is 42.7 Å². The SMILES string of the molecule is CCCCCC(=O)c1cc(-c2ccc(C#N)cc2)n2ncnc2c1. The normalized spacial score (nSPS) is 10.7. The first-order valence-electron chi connectivity index (χ1n) is 8.10. The molecule has 24 heavy (non-hydrogen) atoms. The number of hydrogen-bond acceptors (Lipinski definition) is 4. The largest absolute Gasteiger partial charge is 0.294 e. The highest BCUT2D eigenvalue weighted by Crippen LogP contribution is 2.23. The number of rotatable bonds is 6. The molecule has 0 aliphatic heterocycles. The van der Waals surface area contributed by atoms with E-state index in [1.807, 2.05) is 18.2 Å². The third kappa shape index (κ3) is 3.18. The maximum Gasteiger partial charge on any atom is 0.163 e. The van der Waals surface area contributed by atoms with Crippen LogP contribution in [0.25, 0.3) is 16.9 Å². The van der Waals surface area contributed by atoms with Gasteiger partial charge in [-0.15, -0.1) is 0 Å². The van der Waals surface area contributed by atoms with Gasteiger partial charge in [-0.1, -0.05) is 31.9 Å². The van der Waals surface area contributed by atoms with E-state index in [0.29, 0.717) is 23.2 Å². The lowest BCUT2D eigenvalue weighted by atomic mass is 10.0. The molecule has 0 N–H and O–H groups in total. The molecule has 2 aromatic heterocycles. The Morgan fingerprint density at radius 1 is 1.21 bits per heavy atom. The number of nitriles is 1. The van der Waals surface area contributed by atoms with Crippen LogP contribution in [0.3, 0.4) is 0 Å². The quantitative estimate of drug-likeness (QED) is 0.508. The van der Waals surface area contributed by atoms with Gasteiger partial charge in [0, 0.05) is 17.5 Å². The van der Waals surface area contributed by atoms with Gasteiger partial charge in [0.05, 0.1) is 17.3 Å². The van der Waals surface area contributed by atoms with Crippen LogP contribution in [-0.2, 0) is 0 Å². The van der Waals surface area contributed by atoms with Crippen molar-refractivity contribution in [1.29, 1.82) is 5.26 Å². The first kappa shape index (κ1) is 15.9. The Morgan fingerprint density at radius 3 is 2.71 bits per heavy atom. The van der Waals surface area contributed by atoms with Gasteiger partial charge in [-0.2, -0.15) is 10.4 Å². The molecule has 0 amide bonds. The molecule has 2 heterocycles. The number of benzene rings is 1. The van der Waals surface area contributed by atoms with Gasteiger partial charge in [-0.3, -0.25) is 4.79 Å². The molecule has 0 aliphatic rings. The van der Waals surface area contributed by atoms with E-state index in [4.69, 9.17) is 5.26 Å². The van der Waals surface area contributed by atoms with E-state index in [9.17, 15) is 4.79 Å². The maximum atomic E-state index is 12.5. The number of nitrogens with zero attached hydrogens (tertiary/aromatic N) is 4. The summed E-state index contributed by atoms with van der Waals surface area (Å²) in [6, 6.07) is 13.0. The predicted octanol–water partition coefficient (Wildman–Crippen LogP) is 4.03. The second-order valence-electron chi connectivity index (χ2n) is 5.73. The molecule has 0 atom stereocenters. The molecule has 0 fully saturated rings. The minimum absolute atomic E-state index is 0.129. The zero-order chi connectivity index (χ0) is 16.9. The van der Waals surface area contributed by atoms with Crippen LogP contribution < -0.4 is 0 Å². The van der Waals surface area contributed by atoms with E-state index < -0.39 is 0 Å². The van der Waals surface area contributed by atoms with Gasteiger partial charge in [0.2, 0.25) is 0 Å². The van der Waals surface area contributed by atoms with Crippen LogP contribution in [0, 0.1) is 11.3 Å². The fourth-order valence-electron chi connectivity index (χ4n) is 2.69. The molecule has 5 heteroatoms. The monoisotopic (exact) mass is 318 g/mol. The van der Waals surface area contributed by atoms with E-state index >= 15 is 0 Å². The zero-order valence-corrected chi connectivity index (χ0v) is 13.6. The lowest BCUT2D eigenvalue weighted by Crippen LogP contribution is -2.03. The van der Waals surface area contributed by atoms with Crippen molar-refractivity contribution in [1.82, 2.24) is 14.6 Å². The standard InChI is InChI=1S/C19H18N4O/c1-2-3-4-5-18(24)16-10-17(23-19(11-16)21-13-22-23)15-8-6-14(12-20)7-9-15/h6-11,13H,2-5H2,1H3. The molecular weight excluding hydrogens is 300 g/mol. The third-order valence-corrected chi connectivity index (χ3v) is 4.02. The number of hydrogen-bond donors (Lipinski definition) is 0. The fraction of sp³-hybridized carbons (Fsp3) is 0.263. The molecule has 0 saturated heterocycles. The summed E-state index contributed by atoms with van der Waals surface area (Å²) in [5.41, 5.74) is 3.60. The average molecular weight is 318 g/mol. The highest BCUT2D eigenvalue weighted by atomic mass is 16.1. The number of unbranched alkanes of at least 4 members (excludes halogenated alkanes) is 2. The lowest BCUT2D eigenvalue weighted by molar-refractivity contribution is 0.0979. The minimum Gasteiger partial charge on any atom is -0.294 e. The van der Waals surface area contributed by atoms with Crippen molar-refractivity contribution < 1.29 is 4.79 Å². The minimum atomic E-state index is 0.129. The Morgan fingerprint density at radius 2 is 2.00 bits per heavy atom. The van der Waals surface area contributed by atoms with Gasteiger partial charge in [-0.05, 0) is 30.7 Å². The first-order chi connectivity index (χ1) is 11.7. The van der Waals surface area contributed by atoms with E-state index in [2.05, 4.69) is 23.1 Å². The summed E-state index contributed by atoms with van der Waals surface area (Å²) in [6.07, 6.45) is 5.08. The van der Waals surface area contributed by atoms with Crippen molar-refractivity contribution in [2.24, 2.45) is 0 Å². The van der Waals surface area contributed by atoms with Crippen molar-refractivity contribution in [3.63, 3.8) is 0 Å². The van der Waals surface area contributed by atoms with Crippen LogP contribution in [0.1, 0.15) is 48.5 Å². The van der Waals surface area contributed by atoms with Gasteiger partial charge in [-0.25, -0.2) is 9.50 Å². The van der Waals surface area contributed by atoms with Crippen LogP contribution >= 0.6 is 0 Å². The Kier molecular flexibility index (Phi) is 4.66. The fourth-order valence-corrected chi connectivity index (χ4v) is 2.69. The van der Waals surface area contributed by atoms with Gasteiger partial charge in [0.1, 0.15) is 6.33 Å². The van der Waals surface area contributed by atoms with E-state index in [0.717, 1.165) is 30.5 Å². The summed E-state index contributed by atoms with van der Waals surface area (Å²) in [4.78, 5) is 16.7. The Hall–Kier alpha value is -3.00. The topological polar surface area (TPSA) is 71.0 Å². The summed E-state index contributed by atoms with van der Waals surface area (Å²) in [5, 5.41) is 13.2. The summed E-state index contributed by atoms with van der Waals surface area (Å²) in [6.45, 7) is 2.12. The lowest BCUT2D eigenvalue weighted by Gasteiger charge is -2.08. The van der Waals surface area contributed by atoms with Gasteiger partial charge >= 0.3 is 0 Å². The van der Waals surface area contributed by atoms with Crippen molar-refractivity contribution in [3.8, 4) is 17.3 Å². The smallest absolute Gasteiger partial charge is 0.163 e. The van der Waals surface area contributed by atoms with E-state index in [-0.39, 0.29) is 5.78 Å². The summed E-state index contributed by atoms with van der Waals surface area (Å²) >= 11 is 0. The van der Waals surface area contributed by atoms with Crippen molar-refractivity contribution in [2.75, 3.05) is 0 Å². The van der Waals surface area contributed by atoms with Crippen LogP contribution in [0.5, 0.6) is 0 Å². The van der Waals surface area contributed by atoms with Crippen LogP contribution in [0.2, 0.25) is 0 Å². The molecule has 5 nitrogen and oxygen atoms in total. The summed E-state index contributed by atoms with van der Waals surface area (Å²) in [5.74, 6) is 0.129. The highest BCUT2D eigenvalue weighted by Gasteiger charge is 2.13. The number of ketones is 1. The van der Waals surface area contributed by atoms with Crippen molar-refractivity contribution >= 4 is 11.4 Å². The van der Waals surface area contributed by atoms with E-state index in [1.165, 1.54) is 6.33 Å². The van der Waals surface area contributed by atoms with Crippen molar-refractivity contribution in [3.05, 3.63) is 53.9 Å². The maximum absolute atomic E-state index is 12.5. The number of Topliss-reactive ketones (excluding diaryl/α,β-unsaturated/α-hetero) is 1. The molecular formula is C19H18N4O. The Balaban J connectivity index is 2.01. The second-order valence-corrected chi connectivity index (χ2v) is 5.73. The van der Waals surface area contributed by atoms with Gasteiger partial charge in [0.15, 0.2) is 11.4 Å². The summed E-state index contributed by atoms with van der Waals surface area (Å²) in [7, 11) is 0. The van der Waals surface area contributed by atoms with Crippen molar-refractivity contribution in [2.45, 2.75) is 32.6 Å². The Bertz CT molecular complexity index is 903. The van der Waals surface area contributed by atoms with Crippen LogP contribution in [0.4, 0.5) is 0 Å². The highest BCUT2D eigenvalue weighted by molar-refractivity contribution is 5.98. The number of pyridine rings is 1. The molecule has 0 spiro atoms. The van der Waals surface area contributed by atoms with E-state index in [1.54, 1.807) is 22.7 Å². The number of carbonyl (C=O) groups excluding carboxylic acids is 1. The molecule has 0 bridgehead atoms. The molecule has 0 unspecified atom stereocenters. The third-order valence-electron chi connectivity index (χ3n) is 4.02. The zero-order valence-electron chi connectivity index (χ0n) is 13.6. The number of aromatic nitrogens is 3. The van der Waals surface area contributed by atoms with Crippen LogP contribution in [-0.4, -0.2) is 20.4 Å². The summed E-state index contributed by atoms with van der Waals surface area (Å²) < 4.78 is 1.71. The molecule has 120 valence electrons. The number of carbonyl (C=O) groups is 1. The number of fused-ring (bicyclic) bond motifs is 1. The second kappa shape index (κ2) is 7.05. The average Bonchev–Trinajstić information content (AvgIpc) is 3.09.